The maximum Gasteiger partial charge on any atom is 0.272 e. The molecule has 0 bridgehead atoms. The van der Waals surface area contributed by atoms with Gasteiger partial charge in [-0.2, -0.15) is 0 Å². The van der Waals surface area contributed by atoms with Gasteiger partial charge >= 0.3 is 0 Å². The highest BCUT2D eigenvalue weighted by molar-refractivity contribution is 6.04. The first kappa shape index (κ1) is 19.5. The number of nitrogens with one attached hydrogen (secondary N) is 4. The van der Waals surface area contributed by atoms with Gasteiger partial charge in [-0.25, -0.2) is 9.37 Å². The molecule has 3 rings (SSSR count). The number of H-pyrrole nitrogens is 1. The van der Waals surface area contributed by atoms with Crippen LogP contribution in [0, 0.1) is 11.7 Å². The normalized spacial score (nSPS) is 18.9. The highest BCUT2D eigenvalue weighted by atomic mass is 19.1. The summed E-state index contributed by atoms with van der Waals surface area (Å²) in [5.41, 5.74) is 0.727. The second-order valence-electron chi connectivity index (χ2n) is 6.72. The van der Waals surface area contributed by atoms with Crippen molar-refractivity contribution in [3.05, 3.63) is 47.8 Å². The largest absolute Gasteiger partial charge is 0.354 e. The Morgan fingerprint density at radius 2 is 1.75 bits per heavy atom. The minimum absolute atomic E-state index is 0.0485. The number of carbonyl (C=O) groups is 3. The van der Waals surface area contributed by atoms with Crippen molar-refractivity contribution >= 4 is 23.4 Å². The lowest BCUT2D eigenvalue weighted by atomic mass is 9.85. The molecule has 1 aliphatic carbocycles. The molecule has 148 valence electrons. The Bertz CT molecular complexity index is 857. The lowest BCUT2D eigenvalue weighted by Gasteiger charge is -2.28. The zero-order valence-electron chi connectivity index (χ0n) is 15.4. The van der Waals surface area contributed by atoms with E-state index in [9.17, 15) is 18.8 Å². The van der Waals surface area contributed by atoms with E-state index >= 15 is 0 Å². The Morgan fingerprint density at radius 1 is 1.07 bits per heavy atom. The summed E-state index contributed by atoms with van der Waals surface area (Å²) in [5, 5.41) is 8.13. The first-order chi connectivity index (χ1) is 13.5. The number of rotatable bonds is 5. The van der Waals surface area contributed by atoms with E-state index in [1.165, 1.54) is 37.6 Å². The number of anilines is 1. The molecule has 0 spiro atoms. The number of benzene rings is 1. The third kappa shape index (κ3) is 4.54. The second-order valence-corrected chi connectivity index (χ2v) is 6.72. The van der Waals surface area contributed by atoms with Gasteiger partial charge in [-0.3, -0.25) is 14.4 Å². The average molecular weight is 387 g/mol. The van der Waals surface area contributed by atoms with Crippen LogP contribution in [0.2, 0.25) is 0 Å². The van der Waals surface area contributed by atoms with Gasteiger partial charge < -0.3 is 20.9 Å². The SMILES string of the molecule is CNC(=O)c1nc[nH]c1C(=O)N[C@H]1CC[C@H](C(=O)Nc2ccc(F)cc2)CC1. The number of aromatic nitrogens is 2. The zero-order chi connectivity index (χ0) is 20.1. The van der Waals surface area contributed by atoms with Gasteiger partial charge in [-0.1, -0.05) is 0 Å². The molecule has 1 heterocycles. The predicted molar refractivity (Wildman–Crippen MR) is 100 cm³/mol. The van der Waals surface area contributed by atoms with Crippen molar-refractivity contribution in [1.82, 2.24) is 20.6 Å². The summed E-state index contributed by atoms with van der Waals surface area (Å²) in [4.78, 5) is 43.1. The molecule has 0 aliphatic heterocycles. The molecule has 3 amide bonds. The number of aromatic amines is 1. The van der Waals surface area contributed by atoms with E-state index < -0.39 is 11.8 Å². The van der Waals surface area contributed by atoms with Gasteiger partial charge in [-0.15, -0.1) is 0 Å². The second kappa shape index (κ2) is 8.64. The van der Waals surface area contributed by atoms with E-state index in [0.29, 0.717) is 31.4 Å². The number of halogens is 1. The van der Waals surface area contributed by atoms with Crippen LogP contribution < -0.4 is 16.0 Å². The third-order valence-corrected chi connectivity index (χ3v) is 4.85. The number of nitrogens with zero attached hydrogens (tertiary/aromatic N) is 1. The molecule has 0 saturated heterocycles. The molecule has 1 aromatic carbocycles. The van der Waals surface area contributed by atoms with Crippen LogP contribution in [0.1, 0.15) is 46.7 Å². The summed E-state index contributed by atoms with van der Waals surface area (Å²) >= 11 is 0. The highest BCUT2D eigenvalue weighted by Gasteiger charge is 2.28. The van der Waals surface area contributed by atoms with E-state index in [1.807, 2.05) is 0 Å². The van der Waals surface area contributed by atoms with Crippen molar-refractivity contribution in [3.63, 3.8) is 0 Å². The Morgan fingerprint density at radius 3 is 2.39 bits per heavy atom. The highest BCUT2D eigenvalue weighted by Crippen LogP contribution is 2.26. The summed E-state index contributed by atoms with van der Waals surface area (Å²) in [7, 11) is 1.47. The van der Waals surface area contributed by atoms with Gasteiger partial charge in [0.25, 0.3) is 11.8 Å². The van der Waals surface area contributed by atoms with Gasteiger partial charge in [0.1, 0.15) is 11.5 Å². The molecule has 0 radical (unpaired) electrons. The van der Waals surface area contributed by atoms with E-state index in [0.717, 1.165) is 0 Å². The molecule has 1 aliphatic rings. The van der Waals surface area contributed by atoms with Crippen molar-refractivity contribution in [2.24, 2.45) is 5.92 Å². The van der Waals surface area contributed by atoms with Crippen molar-refractivity contribution < 1.29 is 18.8 Å². The third-order valence-electron chi connectivity index (χ3n) is 4.85. The van der Waals surface area contributed by atoms with Crippen molar-refractivity contribution in [1.29, 1.82) is 0 Å². The van der Waals surface area contributed by atoms with Gasteiger partial charge in [0, 0.05) is 24.7 Å². The van der Waals surface area contributed by atoms with Crippen LogP contribution in [0.5, 0.6) is 0 Å². The Balaban J connectivity index is 1.50. The summed E-state index contributed by atoms with van der Waals surface area (Å²) in [6, 6.07) is 5.55. The molecular formula is C19H22FN5O3. The molecule has 1 fully saturated rings. The number of amides is 3. The van der Waals surface area contributed by atoms with E-state index in [2.05, 4.69) is 25.9 Å². The van der Waals surface area contributed by atoms with Crippen LogP contribution in [0.3, 0.4) is 0 Å². The van der Waals surface area contributed by atoms with Crippen LogP contribution in [-0.2, 0) is 4.79 Å². The maximum atomic E-state index is 12.9. The molecule has 1 saturated carbocycles. The Labute approximate surface area is 161 Å². The maximum absolute atomic E-state index is 12.9. The lowest BCUT2D eigenvalue weighted by molar-refractivity contribution is -0.120. The minimum atomic E-state index is -0.437. The fourth-order valence-corrected chi connectivity index (χ4v) is 3.29. The monoisotopic (exact) mass is 387 g/mol. The molecule has 1 aromatic heterocycles. The standard InChI is InChI=1S/C19H22FN5O3/c1-21-18(27)15-16(23-10-22-15)19(28)25-13-6-2-11(3-7-13)17(26)24-14-8-4-12(20)5-9-14/h4-5,8-11,13H,2-3,6-7H2,1H3,(H,21,27)(H,22,23)(H,24,26)(H,25,28)/t11-,13-. The molecule has 0 atom stereocenters. The predicted octanol–water partition coefficient (Wildman–Crippen LogP) is 1.84. The van der Waals surface area contributed by atoms with Gasteiger partial charge in [0.2, 0.25) is 5.91 Å². The van der Waals surface area contributed by atoms with E-state index in [4.69, 9.17) is 0 Å². The van der Waals surface area contributed by atoms with Crippen LogP contribution in [0.15, 0.2) is 30.6 Å². The summed E-state index contributed by atoms with van der Waals surface area (Å²) in [5.74, 6) is -1.45. The number of hydrogen-bond acceptors (Lipinski definition) is 4. The summed E-state index contributed by atoms with van der Waals surface area (Å²) in [6.45, 7) is 0. The zero-order valence-corrected chi connectivity index (χ0v) is 15.4. The fourth-order valence-electron chi connectivity index (χ4n) is 3.29. The number of carbonyl (C=O) groups excluding carboxylic acids is 3. The van der Waals surface area contributed by atoms with Gasteiger partial charge in [-0.05, 0) is 49.9 Å². The van der Waals surface area contributed by atoms with Crippen LogP contribution in [0.4, 0.5) is 10.1 Å². The number of hydrogen-bond donors (Lipinski definition) is 4. The Kier molecular flexibility index (Phi) is 6.03. The van der Waals surface area contributed by atoms with E-state index in [-0.39, 0.29) is 35.1 Å². The van der Waals surface area contributed by atoms with Gasteiger partial charge in [0.15, 0.2) is 5.69 Å². The van der Waals surface area contributed by atoms with Crippen LogP contribution in [-0.4, -0.2) is 40.8 Å². The quantitative estimate of drug-likeness (QED) is 0.626. The summed E-state index contributed by atoms with van der Waals surface area (Å²) < 4.78 is 12.9. The van der Waals surface area contributed by atoms with Crippen molar-refractivity contribution in [3.8, 4) is 0 Å². The van der Waals surface area contributed by atoms with Crippen molar-refractivity contribution in [2.75, 3.05) is 12.4 Å². The van der Waals surface area contributed by atoms with Crippen LogP contribution >= 0.6 is 0 Å². The Hall–Kier alpha value is -3.23. The summed E-state index contributed by atoms with van der Waals surface area (Å²) in [6.07, 6.45) is 3.86. The molecule has 4 N–H and O–H groups in total. The first-order valence-electron chi connectivity index (χ1n) is 9.10. The fraction of sp³-hybridized carbons (Fsp3) is 0.368. The molecule has 0 unspecified atom stereocenters. The molecule has 28 heavy (non-hydrogen) atoms. The average Bonchev–Trinajstić information content (AvgIpc) is 3.19. The van der Waals surface area contributed by atoms with E-state index in [1.54, 1.807) is 0 Å². The molecule has 2 aromatic rings. The lowest BCUT2D eigenvalue weighted by Crippen LogP contribution is -2.40. The molecule has 8 nitrogen and oxygen atoms in total. The van der Waals surface area contributed by atoms with Gasteiger partial charge in [0.05, 0.1) is 6.33 Å². The topological polar surface area (TPSA) is 116 Å². The smallest absolute Gasteiger partial charge is 0.272 e. The van der Waals surface area contributed by atoms with Crippen molar-refractivity contribution in [2.45, 2.75) is 31.7 Å². The first-order valence-corrected chi connectivity index (χ1v) is 9.10. The molecule has 9 heteroatoms. The number of imidazole rings is 1. The van der Waals surface area contributed by atoms with Crippen LogP contribution in [0.25, 0.3) is 0 Å². The molecular weight excluding hydrogens is 365 g/mol. The minimum Gasteiger partial charge on any atom is -0.354 e.